The Hall–Kier alpha value is -3.79. The molecule has 1 saturated heterocycles. The van der Waals surface area contributed by atoms with Crippen LogP contribution >= 0.6 is 0 Å². The Balaban J connectivity index is 1.39. The molecular formula is C24H29N7O3. The molecule has 10 heteroatoms. The Morgan fingerprint density at radius 3 is 2.47 bits per heavy atom. The maximum Gasteiger partial charge on any atom is 0.312 e. The highest BCUT2D eigenvalue weighted by molar-refractivity contribution is 5.94. The lowest BCUT2D eigenvalue weighted by molar-refractivity contribution is -0.386. The highest BCUT2D eigenvalue weighted by Crippen LogP contribution is 2.23. The van der Waals surface area contributed by atoms with Gasteiger partial charge in [0.1, 0.15) is 17.2 Å². The maximum absolute atomic E-state index is 12.8. The van der Waals surface area contributed by atoms with Crippen molar-refractivity contribution in [3.05, 3.63) is 80.8 Å². The van der Waals surface area contributed by atoms with Crippen LogP contribution in [0.15, 0.2) is 42.6 Å². The molecule has 1 aliphatic rings. The van der Waals surface area contributed by atoms with E-state index >= 15 is 0 Å². The van der Waals surface area contributed by atoms with E-state index in [1.807, 2.05) is 24.3 Å². The maximum atomic E-state index is 12.8. The smallest absolute Gasteiger partial charge is 0.312 e. The van der Waals surface area contributed by atoms with Crippen molar-refractivity contribution in [1.29, 1.82) is 0 Å². The number of carbonyl (C=O) groups is 1. The van der Waals surface area contributed by atoms with E-state index in [0.29, 0.717) is 30.0 Å². The number of nitro groups is 1. The van der Waals surface area contributed by atoms with E-state index in [1.54, 1.807) is 36.9 Å². The first-order chi connectivity index (χ1) is 16.3. The largest absolute Gasteiger partial charge is 0.354 e. The van der Waals surface area contributed by atoms with Crippen LogP contribution in [0.25, 0.3) is 0 Å². The molecule has 3 heterocycles. The zero-order chi connectivity index (χ0) is 24.2. The number of pyridine rings is 1. The van der Waals surface area contributed by atoms with Crippen LogP contribution in [0, 0.1) is 24.0 Å². The second-order valence-corrected chi connectivity index (χ2v) is 8.59. The van der Waals surface area contributed by atoms with Crippen molar-refractivity contribution in [3.63, 3.8) is 0 Å². The number of nitrogens with one attached hydrogen (secondary N) is 1. The molecule has 10 nitrogen and oxygen atoms in total. The van der Waals surface area contributed by atoms with Gasteiger partial charge in [-0.05, 0) is 44.7 Å². The summed E-state index contributed by atoms with van der Waals surface area (Å²) < 4.78 is 1.62. The van der Waals surface area contributed by atoms with E-state index in [-0.39, 0.29) is 11.6 Å². The Labute approximate surface area is 198 Å². The van der Waals surface area contributed by atoms with Gasteiger partial charge in [-0.3, -0.25) is 19.6 Å². The number of anilines is 1. The van der Waals surface area contributed by atoms with Crippen molar-refractivity contribution in [1.82, 2.24) is 25.0 Å². The van der Waals surface area contributed by atoms with Crippen molar-refractivity contribution in [2.24, 2.45) is 0 Å². The van der Waals surface area contributed by atoms with Crippen LogP contribution in [0.2, 0.25) is 0 Å². The highest BCUT2D eigenvalue weighted by Gasteiger charge is 2.22. The Kier molecular flexibility index (Phi) is 6.87. The van der Waals surface area contributed by atoms with Gasteiger partial charge in [0, 0.05) is 50.0 Å². The fourth-order valence-electron chi connectivity index (χ4n) is 4.19. The fourth-order valence-corrected chi connectivity index (χ4v) is 4.19. The second-order valence-electron chi connectivity index (χ2n) is 8.59. The lowest BCUT2D eigenvalue weighted by Gasteiger charge is -2.34. The van der Waals surface area contributed by atoms with Gasteiger partial charge in [0.2, 0.25) is 0 Å². The van der Waals surface area contributed by atoms with E-state index < -0.39 is 4.92 Å². The Morgan fingerprint density at radius 1 is 1.12 bits per heavy atom. The van der Waals surface area contributed by atoms with Gasteiger partial charge in [-0.1, -0.05) is 18.2 Å². The third-order valence-electron chi connectivity index (χ3n) is 6.18. The minimum absolute atomic E-state index is 0.0438. The van der Waals surface area contributed by atoms with Gasteiger partial charge in [0.05, 0.1) is 11.5 Å². The van der Waals surface area contributed by atoms with Crippen molar-refractivity contribution in [3.8, 4) is 0 Å². The Bertz CT molecular complexity index is 1180. The number of piperazine rings is 1. The molecule has 0 atom stereocenters. The SMILES string of the molecule is Cc1nn(Cc2ccc(C(=O)NCc3cccnc3N3CCN(C)CC3)cc2)c(C)c1[N+](=O)[O-]. The number of hydrogen-bond acceptors (Lipinski definition) is 7. The number of rotatable bonds is 7. The van der Waals surface area contributed by atoms with Crippen LogP contribution < -0.4 is 10.2 Å². The second kappa shape index (κ2) is 10.0. The van der Waals surface area contributed by atoms with E-state index in [4.69, 9.17) is 0 Å². The molecular weight excluding hydrogens is 434 g/mol. The first-order valence-electron chi connectivity index (χ1n) is 11.3. The van der Waals surface area contributed by atoms with Crippen molar-refractivity contribution in [2.45, 2.75) is 26.9 Å². The molecule has 178 valence electrons. The summed E-state index contributed by atoms with van der Waals surface area (Å²) in [6, 6.07) is 11.1. The molecule has 1 aromatic carbocycles. The average Bonchev–Trinajstić information content (AvgIpc) is 3.11. The van der Waals surface area contributed by atoms with Gasteiger partial charge in [-0.2, -0.15) is 5.10 Å². The molecule has 0 spiro atoms. The molecule has 0 saturated carbocycles. The summed E-state index contributed by atoms with van der Waals surface area (Å²) in [6.45, 7) is 7.90. The van der Waals surface area contributed by atoms with E-state index in [1.165, 1.54) is 0 Å². The molecule has 1 fully saturated rings. The molecule has 4 rings (SSSR count). The lowest BCUT2D eigenvalue weighted by atomic mass is 10.1. The summed E-state index contributed by atoms with van der Waals surface area (Å²) in [5, 5.41) is 18.5. The van der Waals surface area contributed by atoms with Gasteiger partial charge < -0.3 is 15.1 Å². The van der Waals surface area contributed by atoms with Crippen LogP contribution in [0.3, 0.4) is 0 Å². The zero-order valence-electron chi connectivity index (χ0n) is 19.7. The van der Waals surface area contributed by atoms with Crippen LogP contribution in [0.1, 0.15) is 32.9 Å². The first kappa shape index (κ1) is 23.4. The number of aromatic nitrogens is 3. The molecule has 1 N–H and O–H groups in total. The number of nitrogens with zero attached hydrogens (tertiary/aromatic N) is 6. The van der Waals surface area contributed by atoms with Crippen LogP contribution in [0.5, 0.6) is 0 Å². The van der Waals surface area contributed by atoms with E-state index in [0.717, 1.165) is 43.1 Å². The van der Waals surface area contributed by atoms with Crippen molar-refractivity contribution < 1.29 is 9.72 Å². The summed E-state index contributed by atoms with van der Waals surface area (Å²) in [4.78, 5) is 32.7. The molecule has 0 unspecified atom stereocenters. The minimum atomic E-state index is -0.404. The minimum Gasteiger partial charge on any atom is -0.354 e. The van der Waals surface area contributed by atoms with Gasteiger partial charge in [0.25, 0.3) is 5.91 Å². The van der Waals surface area contributed by atoms with E-state index in [2.05, 4.69) is 32.2 Å². The molecule has 0 bridgehead atoms. The van der Waals surface area contributed by atoms with Gasteiger partial charge in [-0.15, -0.1) is 0 Å². The van der Waals surface area contributed by atoms with Crippen molar-refractivity contribution in [2.75, 3.05) is 38.1 Å². The normalized spacial score (nSPS) is 14.3. The molecule has 1 aliphatic heterocycles. The summed E-state index contributed by atoms with van der Waals surface area (Å²) in [7, 11) is 2.11. The van der Waals surface area contributed by atoms with Gasteiger partial charge in [-0.25, -0.2) is 4.98 Å². The van der Waals surface area contributed by atoms with Gasteiger partial charge in [0.15, 0.2) is 0 Å². The van der Waals surface area contributed by atoms with Crippen LogP contribution in [0.4, 0.5) is 11.5 Å². The number of hydrogen-bond donors (Lipinski definition) is 1. The highest BCUT2D eigenvalue weighted by atomic mass is 16.6. The standard InChI is InChI=1S/C24H29N7O3/c1-17-22(31(33)34)18(2)30(27-17)16-19-6-8-20(9-7-19)24(32)26-15-21-5-4-10-25-23(21)29-13-11-28(3)12-14-29/h4-10H,11-16H2,1-3H3,(H,26,32). The van der Waals surface area contributed by atoms with Crippen molar-refractivity contribution >= 4 is 17.4 Å². The number of carbonyl (C=O) groups excluding carboxylic acids is 1. The number of aryl methyl sites for hydroxylation is 1. The molecule has 0 aliphatic carbocycles. The van der Waals surface area contributed by atoms with Crippen LogP contribution in [-0.2, 0) is 13.1 Å². The fraction of sp³-hybridized carbons (Fsp3) is 0.375. The monoisotopic (exact) mass is 463 g/mol. The average molecular weight is 464 g/mol. The Morgan fingerprint density at radius 2 is 1.82 bits per heavy atom. The number of likely N-dealkylation sites (N-methyl/N-ethyl adjacent to an activating group) is 1. The van der Waals surface area contributed by atoms with Crippen LogP contribution in [-0.4, -0.2) is 63.7 Å². The zero-order valence-corrected chi connectivity index (χ0v) is 19.7. The predicted molar refractivity (Wildman–Crippen MR) is 129 cm³/mol. The quantitative estimate of drug-likeness (QED) is 0.424. The third kappa shape index (κ3) is 5.07. The summed E-state index contributed by atoms with van der Waals surface area (Å²) >= 11 is 0. The van der Waals surface area contributed by atoms with Gasteiger partial charge >= 0.3 is 5.69 Å². The predicted octanol–water partition coefficient (Wildman–Crippen LogP) is 2.53. The van der Waals surface area contributed by atoms with E-state index in [9.17, 15) is 14.9 Å². The summed E-state index contributed by atoms with van der Waals surface area (Å²) in [6.07, 6.45) is 1.79. The first-order valence-corrected chi connectivity index (χ1v) is 11.3. The number of benzene rings is 1. The topological polar surface area (TPSA) is 109 Å². The molecule has 1 amide bonds. The summed E-state index contributed by atoms with van der Waals surface area (Å²) in [5.74, 6) is 0.756. The summed E-state index contributed by atoms with van der Waals surface area (Å²) in [5.41, 5.74) is 3.39. The third-order valence-corrected chi connectivity index (χ3v) is 6.18. The molecule has 34 heavy (non-hydrogen) atoms. The molecule has 3 aromatic rings. The molecule has 2 aromatic heterocycles. The molecule has 0 radical (unpaired) electrons. The number of amides is 1. The lowest BCUT2D eigenvalue weighted by Crippen LogP contribution is -2.45.